The number of aryl methyl sites for hydroxylation is 2. The summed E-state index contributed by atoms with van der Waals surface area (Å²) >= 11 is 3.15. The van der Waals surface area contributed by atoms with Crippen molar-refractivity contribution in [2.24, 2.45) is 0 Å². The van der Waals surface area contributed by atoms with Gasteiger partial charge in [0.2, 0.25) is 5.91 Å². The molecule has 3 aromatic heterocycles. The third-order valence-corrected chi connectivity index (χ3v) is 9.10. The lowest BCUT2D eigenvalue weighted by Crippen LogP contribution is -2.46. The fourth-order valence-corrected chi connectivity index (χ4v) is 7.28. The van der Waals surface area contributed by atoms with Crippen molar-refractivity contribution in [3.63, 3.8) is 0 Å². The third kappa shape index (κ3) is 5.80. The number of hydrogen-bond acceptors (Lipinski definition) is 8. The van der Waals surface area contributed by atoms with Gasteiger partial charge in [-0.1, -0.05) is 11.8 Å². The van der Waals surface area contributed by atoms with Crippen LogP contribution >= 0.6 is 23.5 Å². The van der Waals surface area contributed by atoms with Crippen molar-refractivity contribution in [1.82, 2.24) is 29.4 Å². The first-order valence-corrected chi connectivity index (χ1v) is 15.1. The Morgan fingerprint density at radius 3 is 2.37 bits per heavy atom. The van der Waals surface area contributed by atoms with E-state index in [2.05, 4.69) is 20.3 Å². The average Bonchev–Trinajstić information content (AvgIpc) is 2.89. The quantitative estimate of drug-likeness (QED) is 0.361. The zero-order valence-corrected chi connectivity index (χ0v) is 23.1. The number of nitrogens with zero attached hydrogens (tertiary/aromatic N) is 5. The van der Waals surface area contributed by atoms with Gasteiger partial charge >= 0.3 is 5.69 Å². The molecule has 0 unspecified atom stereocenters. The Bertz CT molecular complexity index is 1440. The van der Waals surface area contributed by atoms with Crippen LogP contribution < -0.4 is 16.6 Å². The van der Waals surface area contributed by atoms with Crippen LogP contribution in [0.4, 0.5) is 4.39 Å². The molecule has 1 saturated carbocycles. The van der Waals surface area contributed by atoms with Crippen LogP contribution in [-0.4, -0.2) is 53.3 Å². The minimum atomic E-state index is -0.596. The van der Waals surface area contributed by atoms with Gasteiger partial charge < -0.3 is 5.32 Å². The van der Waals surface area contributed by atoms with E-state index >= 15 is 0 Å². The number of thioether (sulfide) groups is 2. The molecule has 1 aliphatic carbocycles. The Labute approximate surface area is 228 Å². The van der Waals surface area contributed by atoms with E-state index in [4.69, 9.17) is 0 Å². The van der Waals surface area contributed by atoms with E-state index in [1.54, 1.807) is 4.57 Å². The molecule has 1 saturated heterocycles. The van der Waals surface area contributed by atoms with E-state index < -0.39 is 11.4 Å². The molecule has 3 aromatic rings. The predicted octanol–water partition coefficient (Wildman–Crippen LogP) is 3.56. The maximum atomic E-state index is 14.1. The second-order valence-electron chi connectivity index (χ2n) is 9.99. The van der Waals surface area contributed by atoms with Gasteiger partial charge in [-0.2, -0.15) is 11.8 Å². The number of pyridine rings is 1. The first-order chi connectivity index (χ1) is 18.3. The second-order valence-corrected chi connectivity index (χ2v) is 12.2. The van der Waals surface area contributed by atoms with Crippen LogP contribution in [0.25, 0.3) is 11.0 Å². The zero-order valence-electron chi connectivity index (χ0n) is 21.5. The SMILES string of the molecule is Cc1cc(C)nc(SCC(=O)NC2CCC(n3c(=O)c4cc(F)cnc4n(C4CCSCC4)c3=O)CC2)n1. The summed E-state index contributed by atoms with van der Waals surface area (Å²) in [6, 6.07) is 2.67. The van der Waals surface area contributed by atoms with E-state index in [1.807, 2.05) is 31.7 Å². The standard InChI is InChI=1S/C26H31FN6O3S2/c1-15-11-16(2)30-25(29-15)38-14-22(34)31-18-3-5-19(6-4-18)33-24(35)21-12-17(27)13-28-23(21)32(26(33)36)20-7-9-37-10-8-20/h11-13,18-20H,3-10,14H2,1-2H3,(H,31,34). The summed E-state index contributed by atoms with van der Waals surface area (Å²) in [7, 11) is 0. The monoisotopic (exact) mass is 558 g/mol. The minimum absolute atomic E-state index is 0.0348. The van der Waals surface area contributed by atoms with Gasteiger partial charge in [-0.15, -0.1) is 0 Å². The van der Waals surface area contributed by atoms with Gasteiger partial charge in [0, 0.05) is 29.5 Å². The minimum Gasteiger partial charge on any atom is -0.353 e. The van der Waals surface area contributed by atoms with E-state index in [1.165, 1.54) is 22.4 Å². The summed E-state index contributed by atoms with van der Waals surface area (Å²) < 4.78 is 17.0. The Hall–Kier alpha value is -2.73. The van der Waals surface area contributed by atoms with Gasteiger partial charge in [-0.05, 0) is 76.0 Å². The van der Waals surface area contributed by atoms with Crippen LogP contribution in [0, 0.1) is 19.7 Å². The largest absolute Gasteiger partial charge is 0.353 e. The van der Waals surface area contributed by atoms with Gasteiger partial charge in [0.25, 0.3) is 5.56 Å². The molecule has 1 amide bonds. The van der Waals surface area contributed by atoms with Crippen LogP contribution in [0.1, 0.15) is 62.0 Å². The van der Waals surface area contributed by atoms with Gasteiger partial charge in [-0.25, -0.2) is 24.1 Å². The normalized spacial score (nSPS) is 20.5. The van der Waals surface area contributed by atoms with Crippen LogP contribution in [0.3, 0.4) is 0 Å². The molecular formula is C26H31FN6O3S2. The number of halogens is 1. The maximum absolute atomic E-state index is 14.1. The number of carbonyl (C=O) groups is 1. The van der Waals surface area contributed by atoms with Crippen molar-refractivity contribution in [3.05, 3.63) is 56.4 Å². The molecule has 9 nitrogen and oxygen atoms in total. The molecule has 12 heteroatoms. The first kappa shape index (κ1) is 26.9. The van der Waals surface area contributed by atoms with Crippen molar-refractivity contribution in [2.45, 2.75) is 75.7 Å². The van der Waals surface area contributed by atoms with E-state index in [0.717, 1.165) is 41.9 Å². The van der Waals surface area contributed by atoms with Crippen molar-refractivity contribution in [1.29, 1.82) is 0 Å². The number of aromatic nitrogens is 5. The summed E-state index contributed by atoms with van der Waals surface area (Å²) in [5.74, 6) is 1.38. The zero-order chi connectivity index (χ0) is 26.8. The smallest absolute Gasteiger partial charge is 0.333 e. The molecule has 2 fully saturated rings. The van der Waals surface area contributed by atoms with Crippen molar-refractivity contribution in [2.75, 3.05) is 17.3 Å². The molecule has 0 radical (unpaired) electrons. The molecule has 0 bridgehead atoms. The van der Waals surface area contributed by atoms with Crippen molar-refractivity contribution in [3.8, 4) is 0 Å². The van der Waals surface area contributed by atoms with Gasteiger partial charge in [0.05, 0.1) is 17.3 Å². The number of hydrogen-bond donors (Lipinski definition) is 1. The molecule has 5 rings (SSSR count). The van der Waals surface area contributed by atoms with E-state index in [-0.39, 0.29) is 46.5 Å². The molecule has 0 spiro atoms. The lowest BCUT2D eigenvalue weighted by molar-refractivity contribution is -0.119. The molecule has 0 atom stereocenters. The van der Waals surface area contributed by atoms with Crippen molar-refractivity contribution >= 4 is 40.5 Å². The summed E-state index contributed by atoms with van der Waals surface area (Å²) in [4.78, 5) is 52.6. The summed E-state index contributed by atoms with van der Waals surface area (Å²) in [6.07, 6.45) is 5.11. The van der Waals surface area contributed by atoms with Crippen LogP contribution in [-0.2, 0) is 4.79 Å². The lowest BCUT2D eigenvalue weighted by Gasteiger charge is -2.31. The highest BCUT2D eigenvalue weighted by atomic mass is 32.2. The lowest BCUT2D eigenvalue weighted by atomic mass is 9.91. The van der Waals surface area contributed by atoms with Gasteiger partial charge in [0.15, 0.2) is 5.16 Å². The molecule has 2 aliphatic rings. The number of rotatable bonds is 6. The van der Waals surface area contributed by atoms with E-state index in [0.29, 0.717) is 30.8 Å². The first-order valence-electron chi connectivity index (χ1n) is 12.9. The second kappa shape index (κ2) is 11.6. The topological polar surface area (TPSA) is 112 Å². The van der Waals surface area contributed by atoms with Gasteiger partial charge in [0.1, 0.15) is 11.5 Å². The van der Waals surface area contributed by atoms with Crippen LogP contribution in [0.5, 0.6) is 0 Å². The summed E-state index contributed by atoms with van der Waals surface area (Å²) in [5, 5.41) is 3.79. The molecule has 1 aliphatic heterocycles. The maximum Gasteiger partial charge on any atom is 0.333 e. The fraction of sp³-hybridized carbons (Fsp3) is 0.538. The predicted molar refractivity (Wildman–Crippen MR) is 147 cm³/mol. The fourth-order valence-electron chi connectivity index (χ4n) is 5.44. The molecule has 4 heterocycles. The van der Waals surface area contributed by atoms with E-state index in [9.17, 15) is 18.8 Å². The highest BCUT2D eigenvalue weighted by Crippen LogP contribution is 2.30. The average molecular weight is 559 g/mol. The Kier molecular flexibility index (Phi) is 8.18. The summed E-state index contributed by atoms with van der Waals surface area (Å²) in [6.45, 7) is 3.79. The third-order valence-electron chi connectivity index (χ3n) is 7.20. The number of amides is 1. The molecule has 38 heavy (non-hydrogen) atoms. The van der Waals surface area contributed by atoms with Crippen LogP contribution in [0.15, 0.2) is 33.1 Å². The molecular weight excluding hydrogens is 527 g/mol. The number of fused-ring (bicyclic) bond motifs is 1. The highest BCUT2D eigenvalue weighted by molar-refractivity contribution is 7.99. The Morgan fingerprint density at radius 2 is 1.68 bits per heavy atom. The van der Waals surface area contributed by atoms with Crippen LogP contribution in [0.2, 0.25) is 0 Å². The van der Waals surface area contributed by atoms with Gasteiger partial charge in [-0.3, -0.25) is 18.7 Å². The highest BCUT2D eigenvalue weighted by Gasteiger charge is 2.29. The molecule has 1 N–H and O–H groups in total. The Balaban J connectivity index is 1.30. The number of nitrogens with one attached hydrogen (secondary N) is 1. The molecule has 202 valence electrons. The number of carbonyl (C=O) groups excluding carboxylic acids is 1. The van der Waals surface area contributed by atoms with Crippen molar-refractivity contribution < 1.29 is 9.18 Å². The summed E-state index contributed by atoms with van der Waals surface area (Å²) in [5.41, 5.74) is 1.14. The Morgan fingerprint density at radius 1 is 1.03 bits per heavy atom. The molecule has 0 aromatic carbocycles.